The third-order valence-corrected chi connectivity index (χ3v) is 7.26. The number of amides is 1. The highest BCUT2D eigenvalue weighted by Gasteiger charge is 2.45. The molecular formula is C23H31N5O2. The minimum absolute atomic E-state index is 0.260. The molecule has 3 saturated heterocycles. The molecule has 160 valence electrons. The first kappa shape index (κ1) is 19.5. The van der Waals surface area contributed by atoms with Crippen molar-refractivity contribution in [2.24, 2.45) is 11.8 Å². The SMILES string of the molecule is COc1ccc([C@H]2CCC[C@H]3[C@@H]4C[C@@H](CN(C(=O)CCn5cncn5)C4)CN23)cc1. The molecule has 4 atom stereocenters. The van der Waals surface area contributed by atoms with Gasteiger partial charge in [0, 0.05) is 38.1 Å². The van der Waals surface area contributed by atoms with Crippen molar-refractivity contribution in [3.8, 4) is 5.75 Å². The Kier molecular flexibility index (Phi) is 5.46. The van der Waals surface area contributed by atoms with E-state index in [1.54, 1.807) is 18.1 Å². The third kappa shape index (κ3) is 3.83. The van der Waals surface area contributed by atoms with E-state index in [-0.39, 0.29) is 5.91 Å². The number of rotatable bonds is 5. The van der Waals surface area contributed by atoms with Crippen molar-refractivity contribution in [2.75, 3.05) is 26.7 Å². The standard InChI is InChI=1S/C23H31N5O2/c1-30-20-7-5-18(6-8-20)21-3-2-4-22-19-11-17(13-28(21)22)12-26(14-19)23(29)9-10-27-16-24-15-25-27/h5-8,15-17,19,21-22H,2-4,9-14H2,1H3/t17-,19+,21+,22-/m0/s1. The third-order valence-electron chi connectivity index (χ3n) is 7.26. The van der Waals surface area contributed by atoms with Crippen LogP contribution in [0.1, 0.15) is 43.7 Å². The Labute approximate surface area is 178 Å². The minimum atomic E-state index is 0.260. The van der Waals surface area contributed by atoms with Crippen LogP contribution in [0.15, 0.2) is 36.9 Å². The Bertz CT molecular complexity index is 853. The number of hydrogen-bond acceptors (Lipinski definition) is 5. The van der Waals surface area contributed by atoms with E-state index < -0.39 is 0 Å². The predicted molar refractivity (Wildman–Crippen MR) is 113 cm³/mol. The van der Waals surface area contributed by atoms with Gasteiger partial charge in [-0.05, 0) is 55.2 Å². The van der Waals surface area contributed by atoms with Crippen LogP contribution in [0, 0.1) is 11.8 Å². The molecule has 2 bridgehead atoms. The summed E-state index contributed by atoms with van der Waals surface area (Å²) in [7, 11) is 1.72. The second-order valence-corrected chi connectivity index (χ2v) is 9.05. The van der Waals surface area contributed by atoms with Gasteiger partial charge in [-0.3, -0.25) is 14.4 Å². The first-order valence-corrected chi connectivity index (χ1v) is 11.2. The van der Waals surface area contributed by atoms with Crippen LogP contribution < -0.4 is 4.74 Å². The van der Waals surface area contributed by atoms with Gasteiger partial charge in [0.2, 0.25) is 5.91 Å². The summed E-state index contributed by atoms with van der Waals surface area (Å²) in [5, 5.41) is 4.11. The Morgan fingerprint density at radius 2 is 2.03 bits per heavy atom. The molecule has 5 rings (SSSR count). The number of carbonyl (C=O) groups is 1. The maximum atomic E-state index is 12.9. The van der Waals surface area contributed by atoms with Crippen LogP contribution in [0.25, 0.3) is 0 Å². The van der Waals surface area contributed by atoms with Crippen LogP contribution in [0.3, 0.4) is 0 Å². The van der Waals surface area contributed by atoms with Crippen LogP contribution in [0.5, 0.6) is 5.75 Å². The highest BCUT2D eigenvalue weighted by molar-refractivity contribution is 5.76. The zero-order chi connectivity index (χ0) is 20.5. The Hall–Kier alpha value is -2.41. The molecule has 0 radical (unpaired) electrons. The average molecular weight is 410 g/mol. The lowest BCUT2D eigenvalue weighted by Gasteiger charge is -2.55. The maximum Gasteiger partial charge on any atom is 0.224 e. The largest absolute Gasteiger partial charge is 0.497 e. The second kappa shape index (κ2) is 8.38. The van der Waals surface area contributed by atoms with Crippen LogP contribution in [0.4, 0.5) is 0 Å². The summed E-state index contributed by atoms with van der Waals surface area (Å²) in [6.45, 7) is 3.51. The average Bonchev–Trinajstić information content (AvgIpc) is 3.31. The summed E-state index contributed by atoms with van der Waals surface area (Å²) in [5.41, 5.74) is 1.40. The maximum absolute atomic E-state index is 12.9. The van der Waals surface area contributed by atoms with Gasteiger partial charge in [0.15, 0.2) is 0 Å². The van der Waals surface area contributed by atoms with Gasteiger partial charge in [-0.1, -0.05) is 12.1 Å². The number of carbonyl (C=O) groups excluding carboxylic acids is 1. The van der Waals surface area contributed by atoms with E-state index in [1.807, 2.05) is 0 Å². The smallest absolute Gasteiger partial charge is 0.224 e. The lowest BCUT2D eigenvalue weighted by Crippen LogP contribution is -2.60. The Balaban J connectivity index is 1.26. The fourth-order valence-corrected chi connectivity index (χ4v) is 5.91. The number of methoxy groups -OCH3 is 1. The highest BCUT2D eigenvalue weighted by atomic mass is 16.5. The summed E-state index contributed by atoms with van der Waals surface area (Å²) >= 11 is 0. The van der Waals surface area contributed by atoms with Gasteiger partial charge < -0.3 is 9.64 Å². The van der Waals surface area contributed by atoms with E-state index in [0.717, 1.165) is 25.4 Å². The first-order valence-electron chi connectivity index (χ1n) is 11.2. The zero-order valence-electron chi connectivity index (χ0n) is 17.7. The molecule has 2 aromatic rings. The summed E-state index contributed by atoms with van der Waals surface area (Å²) in [6.07, 6.45) is 8.71. The molecule has 30 heavy (non-hydrogen) atoms. The van der Waals surface area contributed by atoms with Crippen LogP contribution in [0.2, 0.25) is 0 Å². The van der Waals surface area contributed by atoms with Gasteiger partial charge in [0.25, 0.3) is 0 Å². The van der Waals surface area contributed by atoms with E-state index in [1.165, 1.54) is 37.6 Å². The molecule has 1 amide bonds. The molecule has 3 aliphatic rings. The van der Waals surface area contributed by atoms with Crippen LogP contribution in [-0.4, -0.2) is 63.3 Å². The predicted octanol–water partition coefficient (Wildman–Crippen LogP) is 2.75. The number of aromatic nitrogens is 3. The molecule has 1 aromatic heterocycles. The fourth-order valence-electron chi connectivity index (χ4n) is 5.91. The topological polar surface area (TPSA) is 63.5 Å². The van der Waals surface area contributed by atoms with Crippen molar-refractivity contribution in [3.05, 3.63) is 42.5 Å². The lowest BCUT2D eigenvalue weighted by atomic mass is 9.74. The minimum Gasteiger partial charge on any atom is -0.497 e. The molecular weight excluding hydrogens is 378 g/mol. The first-order chi connectivity index (χ1) is 14.7. The van der Waals surface area contributed by atoms with Crippen molar-refractivity contribution in [1.29, 1.82) is 0 Å². The molecule has 1 aromatic carbocycles. The van der Waals surface area contributed by atoms with Crippen molar-refractivity contribution < 1.29 is 9.53 Å². The van der Waals surface area contributed by atoms with E-state index in [2.05, 4.69) is 44.1 Å². The van der Waals surface area contributed by atoms with Crippen molar-refractivity contribution in [1.82, 2.24) is 24.6 Å². The number of piperidine rings is 3. The van der Waals surface area contributed by atoms with Gasteiger partial charge in [0.05, 0.1) is 13.7 Å². The van der Waals surface area contributed by atoms with E-state index in [4.69, 9.17) is 4.74 Å². The van der Waals surface area contributed by atoms with Gasteiger partial charge in [0.1, 0.15) is 18.4 Å². The quantitative estimate of drug-likeness (QED) is 0.760. The van der Waals surface area contributed by atoms with Crippen molar-refractivity contribution >= 4 is 5.91 Å². The molecule has 0 spiro atoms. The summed E-state index contributed by atoms with van der Waals surface area (Å²) < 4.78 is 7.08. The van der Waals surface area contributed by atoms with Gasteiger partial charge >= 0.3 is 0 Å². The number of fused-ring (bicyclic) bond motifs is 4. The van der Waals surface area contributed by atoms with Crippen LogP contribution in [-0.2, 0) is 11.3 Å². The van der Waals surface area contributed by atoms with Gasteiger partial charge in [-0.2, -0.15) is 5.10 Å². The molecule has 7 heteroatoms. The molecule has 0 aliphatic carbocycles. The normalized spacial score (nSPS) is 28.8. The highest BCUT2D eigenvalue weighted by Crippen LogP contribution is 2.44. The Morgan fingerprint density at radius 3 is 2.80 bits per heavy atom. The molecule has 3 aliphatic heterocycles. The number of likely N-dealkylation sites (tertiary alicyclic amines) is 1. The van der Waals surface area contributed by atoms with E-state index in [9.17, 15) is 4.79 Å². The van der Waals surface area contributed by atoms with E-state index >= 15 is 0 Å². The molecule has 4 heterocycles. The molecule has 7 nitrogen and oxygen atoms in total. The van der Waals surface area contributed by atoms with Crippen molar-refractivity contribution in [3.63, 3.8) is 0 Å². The zero-order valence-corrected chi connectivity index (χ0v) is 17.7. The number of nitrogens with zero attached hydrogens (tertiary/aromatic N) is 5. The van der Waals surface area contributed by atoms with E-state index in [0.29, 0.717) is 36.9 Å². The molecule has 0 N–H and O–H groups in total. The van der Waals surface area contributed by atoms with Gasteiger partial charge in [-0.15, -0.1) is 0 Å². The summed E-state index contributed by atoms with van der Waals surface area (Å²) in [4.78, 5) is 21.7. The second-order valence-electron chi connectivity index (χ2n) is 9.05. The van der Waals surface area contributed by atoms with Crippen LogP contribution >= 0.6 is 0 Å². The summed E-state index contributed by atoms with van der Waals surface area (Å²) in [5.74, 6) is 2.35. The van der Waals surface area contributed by atoms with Crippen molar-refractivity contribution in [2.45, 2.75) is 50.7 Å². The fraction of sp³-hybridized carbons (Fsp3) is 0.609. The monoisotopic (exact) mass is 409 g/mol. The van der Waals surface area contributed by atoms with Gasteiger partial charge in [-0.25, -0.2) is 4.98 Å². The molecule has 0 saturated carbocycles. The Morgan fingerprint density at radius 1 is 1.17 bits per heavy atom. The lowest BCUT2D eigenvalue weighted by molar-refractivity contribution is -0.139. The number of ether oxygens (including phenoxy) is 1. The number of aryl methyl sites for hydroxylation is 1. The molecule has 3 fully saturated rings. The molecule has 0 unspecified atom stereocenters. The number of benzene rings is 1. The number of hydrogen-bond donors (Lipinski definition) is 0. The summed E-state index contributed by atoms with van der Waals surface area (Å²) in [6, 6.07) is 9.72.